The molecular formula is C23H22FN3O5. The summed E-state index contributed by atoms with van der Waals surface area (Å²) >= 11 is 0. The van der Waals surface area contributed by atoms with Crippen LogP contribution in [0.15, 0.2) is 60.8 Å². The van der Waals surface area contributed by atoms with Crippen molar-refractivity contribution in [3.8, 4) is 11.3 Å². The van der Waals surface area contributed by atoms with Gasteiger partial charge in [0.2, 0.25) is 0 Å². The van der Waals surface area contributed by atoms with Gasteiger partial charge in [-0.2, -0.15) is 0 Å². The van der Waals surface area contributed by atoms with Gasteiger partial charge in [0.25, 0.3) is 0 Å². The molecule has 32 heavy (non-hydrogen) atoms. The van der Waals surface area contributed by atoms with E-state index in [9.17, 15) is 14.3 Å². The van der Waals surface area contributed by atoms with E-state index in [0.717, 1.165) is 5.56 Å². The number of aromatic nitrogens is 3. The molecule has 166 valence electrons. The lowest BCUT2D eigenvalue weighted by Crippen LogP contribution is -2.60. The molecule has 2 aromatic carbocycles. The number of ether oxygens (including phenoxy) is 3. The number of rotatable bonds is 4. The molecule has 3 heterocycles. The molecule has 0 saturated carbocycles. The van der Waals surface area contributed by atoms with Crippen LogP contribution in [0, 0.1) is 5.82 Å². The lowest BCUT2D eigenvalue weighted by molar-refractivity contribution is -0.312. The quantitative estimate of drug-likeness (QED) is 0.667. The van der Waals surface area contributed by atoms with Crippen LogP contribution in [-0.2, 0) is 19.0 Å². The van der Waals surface area contributed by atoms with Gasteiger partial charge in [-0.05, 0) is 19.1 Å². The summed E-state index contributed by atoms with van der Waals surface area (Å²) in [4.78, 5) is 12.2. The Hall–Kier alpha value is -2.98. The lowest BCUT2D eigenvalue weighted by atomic mass is 9.90. The van der Waals surface area contributed by atoms with Crippen molar-refractivity contribution < 1.29 is 28.5 Å². The molecule has 1 N–H and O–H groups in total. The predicted octanol–water partition coefficient (Wildman–Crippen LogP) is 2.46. The standard InChI is InChI=1S/C23H22FN3O5/c1-13(28)21-20(29)19(27-11-17(25-26-27)15-8-5-9-16(24)10-15)22-18(31-21)12-30-23(32-22)14-6-3-2-4-7-14/h2-11,18-23,29H,12H2,1H3/t18-,19-,20-,21+,22+,23+/m1/s1. The number of hydrogen-bond acceptors (Lipinski definition) is 7. The smallest absolute Gasteiger partial charge is 0.184 e. The van der Waals surface area contributed by atoms with Crippen molar-refractivity contribution in [3.63, 3.8) is 0 Å². The van der Waals surface area contributed by atoms with Gasteiger partial charge in [0.05, 0.1) is 12.8 Å². The molecule has 0 radical (unpaired) electrons. The van der Waals surface area contributed by atoms with E-state index in [1.54, 1.807) is 18.3 Å². The summed E-state index contributed by atoms with van der Waals surface area (Å²) in [5.74, 6) is -0.699. The van der Waals surface area contributed by atoms with Gasteiger partial charge in [0.15, 0.2) is 12.1 Å². The van der Waals surface area contributed by atoms with Gasteiger partial charge < -0.3 is 19.3 Å². The summed E-state index contributed by atoms with van der Waals surface area (Å²) in [5.41, 5.74) is 1.81. The van der Waals surface area contributed by atoms with Crippen molar-refractivity contribution >= 4 is 5.78 Å². The van der Waals surface area contributed by atoms with Crippen LogP contribution < -0.4 is 0 Å². The van der Waals surface area contributed by atoms with Crippen molar-refractivity contribution in [2.45, 2.75) is 43.7 Å². The Morgan fingerprint density at radius 2 is 1.97 bits per heavy atom. The van der Waals surface area contributed by atoms with Crippen LogP contribution in [-0.4, -0.2) is 56.9 Å². The zero-order chi connectivity index (χ0) is 22.2. The second-order valence-electron chi connectivity index (χ2n) is 7.96. The Labute approximate surface area is 183 Å². The second-order valence-corrected chi connectivity index (χ2v) is 7.96. The number of aliphatic hydroxyl groups is 1. The van der Waals surface area contributed by atoms with Crippen LogP contribution in [0.25, 0.3) is 11.3 Å². The number of carbonyl (C=O) groups excluding carboxylic acids is 1. The average molecular weight is 439 g/mol. The second kappa shape index (κ2) is 8.51. The number of aliphatic hydroxyl groups excluding tert-OH is 1. The molecule has 2 aliphatic heterocycles. The molecule has 3 aromatic rings. The maximum Gasteiger partial charge on any atom is 0.184 e. The third-order valence-corrected chi connectivity index (χ3v) is 5.79. The molecular weight excluding hydrogens is 417 g/mol. The van der Waals surface area contributed by atoms with Crippen molar-refractivity contribution in [2.24, 2.45) is 0 Å². The molecule has 2 saturated heterocycles. The monoisotopic (exact) mass is 439 g/mol. The molecule has 8 nitrogen and oxygen atoms in total. The Bertz CT molecular complexity index is 1110. The largest absolute Gasteiger partial charge is 0.388 e. The number of hydrogen-bond donors (Lipinski definition) is 1. The summed E-state index contributed by atoms with van der Waals surface area (Å²) < 4.78 is 33.0. The molecule has 0 aliphatic carbocycles. The fraction of sp³-hybridized carbons (Fsp3) is 0.348. The van der Waals surface area contributed by atoms with Gasteiger partial charge in [-0.3, -0.25) is 4.79 Å². The summed E-state index contributed by atoms with van der Waals surface area (Å²) in [6, 6.07) is 14.7. The lowest BCUT2D eigenvalue weighted by Gasteiger charge is -2.47. The first-order valence-electron chi connectivity index (χ1n) is 10.3. The van der Waals surface area contributed by atoms with Crippen LogP contribution in [0.1, 0.15) is 24.8 Å². The Morgan fingerprint density at radius 1 is 1.16 bits per heavy atom. The molecule has 0 amide bonds. The average Bonchev–Trinajstić information content (AvgIpc) is 3.28. The van der Waals surface area contributed by atoms with E-state index in [2.05, 4.69) is 10.3 Å². The van der Waals surface area contributed by atoms with E-state index in [-0.39, 0.29) is 12.4 Å². The molecule has 5 rings (SSSR count). The van der Waals surface area contributed by atoms with E-state index in [0.29, 0.717) is 11.3 Å². The van der Waals surface area contributed by atoms with Gasteiger partial charge in [0, 0.05) is 11.1 Å². The SMILES string of the molecule is CC(=O)[C@@H]1O[C@@H]2CO[C@H](c3ccccc3)O[C@@H]2[C@H](n2cc(-c3cccc(F)c3)nn2)[C@H]1O. The first-order valence-corrected chi connectivity index (χ1v) is 10.3. The number of carbonyl (C=O) groups is 1. The Kier molecular flexibility index (Phi) is 5.56. The molecule has 0 bridgehead atoms. The van der Waals surface area contributed by atoms with Crippen molar-refractivity contribution in [2.75, 3.05) is 6.61 Å². The van der Waals surface area contributed by atoms with E-state index < -0.39 is 42.6 Å². The highest BCUT2D eigenvalue weighted by atomic mass is 19.1. The van der Waals surface area contributed by atoms with Crippen molar-refractivity contribution in [3.05, 3.63) is 72.2 Å². The van der Waals surface area contributed by atoms with Gasteiger partial charge in [-0.1, -0.05) is 47.7 Å². The molecule has 2 fully saturated rings. The highest BCUT2D eigenvalue weighted by Crippen LogP contribution is 2.39. The van der Waals surface area contributed by atoms with E-state index in [1.165, 1.54) is 23.7 Å². The maximum absolute atomic E-state index is 13.7. The van der Waals surface area contributed by atoms with E-state index in [4.69, 9.17) is 14.2 Å². The normalized spacial score (nSPS) is 30.0. The van der Waals surface area contributed by atoms with Gasteiger partial charge >= 0.3 is 0 Å². The minimum Gasteiger partial charge on any atom is -0.388 e. The minimum absolute atomic E-state index is 0.183. The summed E-state index contributed by atoms with van der Waals surface area (Å²) in [5, 5.41) is 19.4. The number of ketones is 1. The highest BCUT2D eigenvalue weighted by Gasteiger charge is 2.52. The Balaban J connectivity index is 1.49. The molecule has 6 atom stereocenters. The number of Topliss-reactive ketones (excluding diaryl/α,β-unsaturated/α-hetero) is 1. The zero-order valence-corrected chi connectivity index (χ0v) is 17.2. The van der Waals surface area contributed by atoms with E-state index >= 15 is 0 Å². The molecule has 2 aliphatic rings. The highest BCUT2D eigenvalue weighted by molar-refractivity contribution is 5.81. The molecule has 0 spiro atoms. The van der Waals surface area contributed by atoms with E-state index in [1.807, 2.05) is 30.3 Å². The van der Waals surface area contributed by atoms with Crippen LogP contribution in [0.5, 0.6) is 0 Å². The first-order chi connectivity index (χ1) is 15.5. The number of fused-ring (bicyclic) bond motifs is 1. The fourth-order valence-electron chi connectivity index (χ4n) is 4.24. The van der Waals surface area contributed by atoms with Gasteiger partial charge in [-0.25, -0.2) is 9.07 Å². The molecule has 0 unspecified atom stereocenters. The van der Waals surface area contributed by atoms with Crippen LogP contribution >= 0.6 is 0 Å². The molecule has 9 heteroatoms. The van der Waals surface area contributed by atoms with Crippen LogP contribution in [0.3, 0.4) is 0 Å². The number of halogens is 1. The predicted molar refractivity (Wildman–Crippen MR) is 110 cm³/mol. The molecule has 1 aromatic heterocycles. The summed E-state index contributed by atoms with van der Waals surface area (Å²) in [7, 11) is 0. The maximum atomic E-state index is 13.7. The van der Waals surface area contributed by atoms with Crippen LogP contribution in [0.2, 0.25) is 0 Å². The minimum atomic E-state index is -1.22. The summed E-state index contributed by atoms with van der Waals surface area (Å²) in [6.07, 6.45) is -2.55. The van der Waals surface area contributed by atoms with Crippen LogP contribution in [0.4, 0.5) is 4.39 Å². The third-order valence-electron chi connectivity index (χ3n) is 5.79. The zero-order valence-electron chi connectivity index (χ0n) is 17.2. The first kappa shape index (κ1) is 20.9. The Morgan fingerprint density at radius 3 is 2.72 bits per heavy atom. The summed E-state index contributed by atoms with van der Waals surface area (Å²) in [6.45, 7) is 1.55. The van der Waals surface area contributed by atoms with Gasteiger partial charge in [-0.15, -0.1) is 5.10 Å². The van der Waals surface area contributed by atoms with Crippen molar-refractivity contribution in [1.82, 2.24) is 15.0 Å². The third kappa shape index (κ3) is 3.84. The number of nitrogens with zero attached hydrogens (tertiary/aromatic N) is 3. The fourth-order valence-corrected chi connectivity index (χ4v) is 4.24. The number of benzene rings is 2. The van der Waals surface area contributed by atoms with Crippen molar-refractivity contribution in [1.29, 1.82) is 0 Å². The van der Waals surface area contributed by atoms with Gasteiger partial charge in [0.1, 0.15) is 42.0 Å². The topological polar surface area (TPSA) is 95.7 Å².